The van der Waals surface area contributed by atoms with E-state index in [4.69, 9.17) is 4.42 Å². The lowest BCUT2D eigenvalue weighted by atomic mass is 10.0. The molecule has 0 aliphatic rings. The first-order chi connectivity index (χ1) is 11.8. The third kappa shape index (κ3) is 2.97. The van der Waals surface area contributed by atoms with Gasteiger partial charge in [-0.25, -0.2) is 0 Å². The van der Waals surface area contributed by atoms with Crippen LogP contribution in [-0.2, 0) is 0 Å². The predicted molar refractivity (Wildman–Crippen MR) is 103 cm³/mol. The Hall–Kier alpha value is -2.47. The molecule has 3 nitrogen and oxygen atoms in total. The lowest BCUT2D eigenvalue weighted by Gasteiger charge is -2.05. The normalized spacial score (nSPS) is 10.7. The van der Waals surface area contributed by atoms with Crippen LogP contribution in [0.2, 0.25) is 0 Å². The van der Waals surface area contributed by atoms with Gasteiger partial charge >= 0.3 is 0 Å². The summed E-state index contributed by atoms with van der Waals surface area (Å²) in [6.45, 7) is 0. The van der Waals surface area contributed by atoms with E-state index in [2.05, 4.69) is 57.1 Å². The SMILES string of the molecule is Ic1cc(-c2ccccc2)ccc1-c1nnc(-c2ccccc2)o1. The fraction of sp³-hybridized carbons (Fsp3) is 0. The summed E-state index contributed by atoms with van der Waals surface area (Å²) < 4.78 is 6.94. The van der Waals surface area contributed by atoms with E-state index in [1.165, 1.54) is 11.1 Å². The Kier molecular flexibility index (Phi) is 4.13. The molecule has 0 unspecified atom stereocenters. The smallest absolute Gasteiger partial charge is 0.249 e. The van der Waals surface area contributed by atoms with Crippen LogP contribution in [0.15, 0.2) is 83.3 Å². The van der Waals surface area contributed by atoms with Crippen LogP contribution < -0.4 is 0 Å². The number of aromatic nitrogens is 2. The third-order valence-corrected chi connectivity index (χ3v) is 4.64. The van der Waals surface area contributed by atoms with E-state index in [1.54, 1.807) is 0 Å². The Balaban J connectivity index is 1.69. The van der Waals surface area contributed by atoms with Crippen molar-refractivity contribution < 1.29 is 4.42 Å². The summed E-state index contributed by atoms with van der Waals surface area (Å²) in [5.74, 6) is 1.08. The van der Waals surface area contributed by atoms with Crippen molar-refractivity contribution in [2.75, 3.05) is 0 Å². The average Bonchev–Trinajstić information content (AvgIpc) is 3.13. The number of halogens is 1. The van der Waals surface area contributed by atoms with Crippen molar-refractivity contribution in [1.29, 1.82) is 0 Å². The quantitative estimate of drug-likeness (QED) is 0.398. The second-order valence-corrected chi connectivity index (χ2v) is 6.50. The fourth-order valence-electron chi connectivity index (χ4n) is 2.53. The van der Waals surface area contributed by atoms with E-state index in [1.807, 2.05) is 54.6 Å². The van der Waals surface area contributed by atoms with Crippen molar-refractivity contribution in [1.82, 2.24) is 10.2 Å². The average molecular weight is 424 g/mol. The summed E-state index contributed by atoms with van der Waals surface area (Å²) in [5, 5.41) is 8.37. The van der Waals surface area contributed by atoms with Gasteiger partial charge in [0.25, 0.3) is 0 Å². The zero-order valence-electron chi connectivity index (χ0n) is 12.7. The van der Waals surface area contributed by atoms with Crippen LogP contribution in [0.1, 0.15) is 0 Å². The molecule has 0 atom stereocenters. The minimum Gasteiger partial charge on any atom is -0.416 e. The van der Waals surface area contributed by atoms with Crippen LogP contribution in [0, 0.1) is 3.57 Å². The molecule has 1 aromatic heterocycles. The molecule has 0 aliphatic carbocycles. The molecule has 0 amide bonds. The van der Waals surface area contributed by atoms with Gasteiger partial charge in [-0.1, -0.05) is 54.6 Å². The Morgan fingerprint density at radius 3 is 1.92 bits per heavy atom. The van der Waals surface area contributed by atoms with Crippen molar-refractivity contribution >= 4 is 22.6 Å². The summed E-state index contributed by atoms with van der Waals surface area (Å²) in [4.78, 5) is 0. The molecule has 0 saturated carbocycles. The Morgan fingerprint density at radius 2 is 1.25 bits per heavy atom. The Labute approximate surface area is 153 Å². The molecule has 116 valence electrons. The number of rotatable bonds is 3. The molecule has 1 heterocycles. The second-order valence-electron chi connectivity index (χ2n) is 5.34. The van der Waals surface area contributed by atoms with Crippen molar-refractivity contribution in [3.05, 3.63) is 82.4 Å². The van der Waals surface area contributed by atoms with Crippen LogP contribution in [0.25, 0.3) is 34.0 Å². The van der Waals surface area contributed by atoms with E-state index in [-0.39, 0.29) is 0 Å². The Bertz CT molecular complexity index is 965. The van der Waals surface area contributed by atoms with Crippen molar-refractivity contribution in [2.24, 2.45) is 0 Å². The maximum atomic E-state index is 5.86. The zero-order chi connectivity index (χ0) is 16.4. The van der Waals surface area contributed by atoms with Crippen molar-refractivity contribution in [3.8, 4) is 34.0 Å². The summed E-state index contributed by atoms with van der Waals surface area (Å²) in [6.07, 6.45) is 0. The largest absolute Gasteiger partial charge is 0.416 e. The summed E-state index contributed by atoms with van der Waals surface area (Å²) in [7, 11) is 0. The maximum Gasteiger partial charge on any atom is 0.249 e. The lowest BCUT2D eigenvalue weighted by Crippen LogP contribution is -1.85. The molecular weight excluding hydrogens is 411 g/mol. The van der Waals surface area contributed by atoms with Gasteiger partial charge in [0, 0.05) is 9.13 Å². The molecule has 0 N–H and O–H groups in total. The molecule has 4 aromatic rings. The van der Waals surface area contributed by atoms with Crippen LogP contribution in [-0.4, -0.2) is 10.2 Å². The topological polar surface area (TPSA) is 38.9 Å². The molecule has 0 saturated heterocycles. The number of hydrogen-bond acceptors (Lipinski definition) is 3. The summed E-state index contributed by atoms with van der Waals surface area (Å²) in [5.41, 5.74) is 4.24. The van der Waals surface area contributed by atoms with E-state index < -0.39 is 0 Å². The maximum absolute atomic E-state index is 5.86. The van der Waals surface area contributed by atoms with Gasteiger partial charge in [0.05, 0.1) is 5.56 Å². The van der Waals surface area contributed by atoms with E-state index >= 15 is 0 Å². The van der Waals surface area contributed by atoms with Crippen LogP contribution in [0.5, 0.6) is 0 Å². The molecule has 3 aromatic carbocycles. The highest BCUT2D eigenvalue weighted by Crippen LogP contribution is 2.30. The molecule has 4 rings (SSSR count). The Morgan fingerprint density at radius 1 is 0.625 bits per heavy atom. The number of hydrogen-bond donors (Lipinski definition) is 0. The first-order valence-electron chi connectivity index (χ1n) is 7.55. The standard InChI is InChI=1S/C20H13IN2O/c21-18-13-16(14-7-3-1-4-8-14)11-12-17(18)20-23-22-19(24-20)15-9-5-2-6-10-15/h1-13H. The van der Waals surface area contributed by atoms with Crippen LogP contribution >= 0.6 is 22.6 Å². The molecular formula is C20H13IN2O. The highest BCUT2D eigenvalue weighted by Gasteiger charge is 2.13. The van der Waals surface area contributed by atoms with Gasteiger partial charge < -0.3 is 4.42 Å². The van der Waals surface area contributed by atoms with Gasteiger partial charge in [-0.2, -0.15) is 0 Å². The second kappa shape index (κ2) is 6.57. The van der Waals surface area contributed by atoms with E-state index in [0.29, 0.717) is 11.8 Å². The van der Waals surface area contributed by atoms with Gasteiger partial charge in [-0.3, -0.25) is 0 Å². The monoisotopic (exact) mass is 424 g/mol. The van der Waals surface area contributed by atoms with Gasteiger partial charge in [0.2, 0.25) is 11.8 Å². The first-order valence-corrected chi connectivity index (χ1v) is 8.63. The van der Waals surface area contributed by atoms with Crippen molar-refractivity contribution in [2.45, 2.75) is 0 Å². The van der Waals surface area contributed by atoms with Crippen LogP contribution in [0.4, 0.5) is 0 Å². The number of benzene rings is 3. The fourth-order valence-corrected chi connectivity index (χ4v) is 3.27. The molecule has 0 spiro atoms. The zero-order valence-corrected chi connectivity index (χ0v) is 14.8. The summed E-state index contributed by atoms with van der Waals surface area (Å²) in [6, 6.07) is 26.4. The van der Waals surface area contributed by atoms with Gasteiger partial charge in [0.15, 0.2) is 0 Å². The first kappa shape index (κ1) is 15.1. The van der Waals surface area contributed by atoms with Gasteiger partial charge in [-0.15, -0.1) is 10.2 Å². The molecule has 0 aliphatic heterocycles. The van der Waals surface area contributed by atoms with Gasteiger partial charge in [-0.05, 0) is 58.0 Å². The van der Waals surface area contributed by atoms with Gasteiger partial charge in [0.1, 0.15) is 0 Å². The highest BCUT2D eigenvalue weighted by molar-refractivity contribution is 14.1. The molecule has 0 radical (unpaired) electrons. The van der Waals surface area contributed by atoms with Crippen molar-refractivity contribution in [3.63, 3.8) is 0 Å². The van der Waals surface area contributed by atoms with E-state index in [9.17, 15) is 0 Å². The molecule has 0 fully saturated rings. The number of nitrogens with zero attached hydrogens (tertiary/aromatic N) is 2. The lowest BCUT2D eigenvalue weighted by molar-refractivity contribution is 0.584. The minimum absolute atomic E-state index is 0.536. The third-order valence-electron chi connectivity index (χ3n) is 3.75. The predicted octanol–water partition coefficient (Wildman–Crippen LogP) is 5.68. The molecule has 0 bridgehead atoms. The van der Waals surface area contributed by atoms with Crippen LogP contribution in [0.3, 0.4) is 0 Å². The molecule has 4 heteroatoms. The molecule has 24 heavy (non-hydrogen) atoms. The summed E-state index contributed by atoms with van der Waals surface area (Å²) >= 11 is 2.31. The minimum atomic E-state index is 0.536. The van der Waals surface area contributed by atoms with E-state index in [0.717, 1.165) is 14.7 Å². The highest BCUT2D eigenvalue weighted by atomic mass is 127.